The minimum Gasteiger partial charge on any atom is -0.428 e. The molecule has 0 rings (SSSR count). The van der Waals surface area contributed by atoms with E-state index in [-0.39, 0.29) is 39.3 Å². The van der Waals surface area contributed by atoms with Crippen LogP contribution in [0.5, 0.6) is 0 Å². The molecule has 1 radical (unpaired) electrons. The van der Waals surface area contributed by atoms with Crippen LogP contribution >= 0.6 is 0 Å². The van der Waals surface area contributed by atoms with Crippen molar-refractivity contribution in [3.05, 3.63) is 13.8 Å². The fourth-order valence-electron chi connectivity index (χ4n) is 0. The molecule has 0 fully saturated rings. The van der Waals surface area contributed by atoms with E-state index in [2.05, 4.69) is 13.8 Å². The van der Waals surface area contributed by atoms with Crippen molar-refractivity contribution < 1.29 is 37.8 Å². The largest absolute Gasteiger partial charge is 0.428 e. The first-order valence-corrected chi connectivity index (χ1v) is 1.52. The van der Waals surface area contributed by atoms with Gasteiger partial charge in [0.15, 0.2) is 0 Å². The van der Waals surface area contributed by atoms with E-state index >= 15 is 0 Å². The van der Waals surface area contributed by atoms with Crippen LogP contribution in [0, 0.1) is 13.8 Å². The maximum atomic E-state index is 7.46. The topological polar surface area (TPSA) is 20.2 Å². The van der Waals surface area contributed by atoms with Crippen LogP contribution in [0.3, 0.4) is 0 Å². The fourth-order valence-corrected chi connectivity index (χ4v) is 0. The van der Waals surface area contributed by atoms with Crippen LogP contribution in [0.4, 0.5) is 0 Å². The quantitative estimate of drug-likeness (QED) is 0.520. The standard InChI is InChI=1S/C2H5O.C2H5.Y/c1-2-3;1-2;/h3H,1-2H2;1H2,2H3;/q2*-1;. The molecule has 0 aromatic carbocycles. The molecule has 37 valence electrons. The van der Waals surface area contributed by atoms with Gasteiger partial charge in [0.05, 0.1) is 0 Å². The number of aliphatic hydroxyl groups is 1. The van der Waals surface area contributed by atoms with Gasteiger partial charge in [0.25, 0.3) is 0 Å². The molecule has 2 heteroatoms. The summed E-state index contributed by atoms with van der Waals surface area (Å²) in [4.78, 5) is 0. The molecule has 0 aromatic heterocycles. The molecule has 0 heterocycles. The van der Waals surface area contributed by atoms with Crippen LogP contribution in [-0.4, -0.2) is 11.7 Å². The van der Waals surface area contributed by atoms with Gasteiger partial charge in [-0.1, -0.05) is 6.61 Å². The zero-order valence-corrected chi connectivity index (χ0v) is 6.98. The van der Waals surface area contributed by atoms with Gasteiger partial charge in [-0.2, -0.15) is 6.92 Å². The predicted molar refractivity (Wildman–Crippen MR) is 23.5 cm³/mol. The molecule has 0 amide bonds. The Kier molecular flexibility index (Phi) is 95.7. The number of hydrogen-bond donors (Lipinski definition) is 1. The average molecular weight is 163 g/mol. The Balaban J connectivity index is -0.0000000275. The third-order valence-corrected chi connectivity index (χ3v) is 0. The second-order valence-electron chi connectivity index (χ2n) is 0.224. The summed E-state index contributed by atoms with van der Waals surface area (Å²) in [6.07, 6.45) is 0. The maximum absolute atomic E-state index is 7.46. The van der Waals surface area contributed by atoms with E-state index in [9.17, 15) is 0 Å². The summed E-state index contributed by atoms with van der Waals surface area (Å²) in [5.41, 5.74) is 0. The van der Waals surface area contributed by atoms with E-state index < -0.39 is 0 Å². The van der Waals surface area contributed by atoms with Crippen LogP contribution in [0.15, 0.2) is 0 Å². The summed E-state index contributed by atoms with van der Waals surface area (Å²) < 4.78 is 0. The molecule has 0 bridgehead atoms. The molecular weight excluding hydrogens is 153 g/mol. The van der Waals surface area contributed by atoms with Crippen LogP contribution in [0.1, 0.15) is 6.92 Å². The first-order chi connectivity index (χ1) is 2.41. The summed E-state index contributed by atoms with van der Waals surface area (Å²) in [6, 6.07) is 0. The second kappa shape index (κ2) is 36.5. The molecule has 0 atom stereocenters. The van der Waals surface area contributed by atoms with E-state index in [0.717, 1.165) is 0 Å². The van der Waals surface area contributed by atoms with Crippen LogP contribution in [-0.2, 0) is 32.7 Å². The van der Waals surface area contributed by atoms with Gasteiger partial charge in [-0.05, 0) is 0 Å². The van der Waals surface area contributed by atoms with Gasteiger partial charge in [-0.15, -0.1) is 0 Å². The van der Waals surface area contributed by atoms with Crippen molar-refractivity contribution in [3.8, 4) is 0 Å². The monoisotopic (exact) mass is 163 g/mol. The van der Waals surface area contributed by atoms with Gasteiger partial charge >= 0.3 is 0 Å². The maximum Gasteiger partial charge on any atom is 0 e. The van der Waals surface area contributed by atoms with Crippen molar-refractivity contribution >= 4 is 0 Å². The minimum absolute atomic E-state index is 0. The molecule has 0 spiro atoms. The molecule has 1 nitrogen and oxygen atoms in total. The van der Waals surface area contributed by atoms with Crippen LogP contribution in [0.25, 0.3) is 0 Å². The summed E-state index contributed by atoms with van der Waals surface area (Å²) in [6.45, 7) is 8.04. The van der Waals surface area contributed by atoms with Crippen molar-refractivity contribution in [2.75, 3.05) is 6.61 Å². The molecule has 0 saturated heterocycles. The first-order valence-electron chi connectivity index (χ1n) is 1.52. The smallest absolute Gasteiger partial charge is 0 e. The van der Waals surface area contributed by atoms with Gasteiger partial charge in [0, 0.05) is 32.7 Å². The van der Waals surface area contributed by atoms with E-state index in [4.69, 9.17) is 5.11 Å². The van der Waals surface area contributed by atoms with Gasteiger partial charge in [0.2, 0.25) is 0 Å². The van der Waals surface area contributed by atoms with Crippen molar-refractivity contribution in [1.29, 1.82) is 0 Å². The average Bonchev–Trinajstić information content (AvgIpc) is 1.46. The SMILES string of the molecule is [CH2-]C.[CH2-]CO.[Y]. The zero-order chi connectivity index (χ0) is 4.71. The van der Waals surface area contributed by atoms with Crippen molar-refractivity contribution in [1.82, 2.24) is 0 Å². The Labute approximate surface area is 65.0 Å². The second-order valence-corrected chi connectivity index (χ2v) is 0.224. The van der Waals surface area contributed by atoms with Gasteiger partial charge in [-0.3, -0.25) is 0 Å². The van der Waals surface area contributed by atoms with Gasteiger partial charge in [0.1, 0.15) is 0 Å². The summed E-state index contributed by atoms with van der Waals surface area (Å²) >= 11 is 0. The third-order valence-electron chi connectivity index (χ3n) is 0. The van der Waals surface area contributed by atoms with Gasteiger partial charge in [-0.25, -0.2) is 0 Å². The molecule has 0 saturated carbocycles. The van der Waals surface area contributed by atoms with Crippen LogP contribution < -0.4 is 0 Å². The van der Waals surface area contributed by atoms with E-state index in [1.54, 1.807) is 6.92 Å². The Morgan fingerprint density at radius 3 is 1.50 bits per heavy atom. The fraction of sp³-hybridized carbons (Fsp3) is 0.500. The number of hydrogen-bond acceptors (Lipinski definition) is 1. The minimum atomic E-state index is 0. The molecule has 0 unspecified atom stereocenters. The molecule has 6 heavy (non-hydrogen) atoms. The molecule has 0 aliphatic rings. The van der Waals surface area contributed by atoms with E-state index in [0.29, 0.717) is 0 Å². The molecule has 0 aliphatic carbocycles. The Morgan fingerprint density at radius 2 is 1.50 bits per heavy atom. The number of rotatable bonds is 0. The summed E-state index contributed by atoms with van der Waals surface area (Å²) in [5, 5.41) is 7.46. The molecule has 1 N–H and O–H groups in total. The Bertz CT molecular complexity index is 7.51. The predicted octanol–water partition coefficient (Wildman–Crippen LogP) is 0.651. The Morgan fingerprint density at radius 1 is 1.50 bits per heavy atom. The molecule has 0 aromatic rings. The number of aliphatic hydroxyl groups excluding tert-OH is 1. The third kappa shape index (κ3) is 73.9. The van der Waals surface area contributed by atoms with Crippen molar-refractivity contribution in [2.24, 2.45) is 0 Å². The summed E-state index contributed by atoms with van der Waals surface area (Å²) in [5.74, 6) is 0. The molecular formula is C4H10OY-2. The Hall–Kier alpha value is 1.06. The summed E-state index contributed by atoms with van der Waals surface area (Å²) in [7, 11) is 0. The van der Waals surface area contributed by atoms with E-state index in [1.807, 2.05) is 0 Å². The van der Waals surface area contributed by atoms with E-state index in [1.165, 1.54) is 0 Å². The van der Waals surface area contributed by atoms with Crippen LogP contribution in [0.2, 0.25) is 0 Å². The van der Waals surface area contributed by atoms with Crippen molar-refractivity contribution in [2.45, 2.75) is 6.92 Å². The zero-order valence-electron chi connectivity index (χ0n) is 4.15. The first kappa shape index (κ1) is 15.7. The molecule has 0 aliphatic heterocycles. The van der Waals surface area contributed by atoms with Crippen molar-refractivity contribution in [3.63, 3.8) is 0 Å². The van der Waals surface area contributed by atoms with Gasteiger partial charge < -0.3 is 19.0 Å². The normalized spacial score (nSPS) is 4.00.